The number of nitrogens with two attached hydrogens (primary N) is 1. The number of carbonyl (C=O) groups excluding carboxylic acids is 1. The first-order chi connectivity index (χ1) is 15.8. The Hall–Kier alpha value is -2.62. The Morgan fingerprint density at radius 2 is 1.67 bits per heavy atom. The van der Waals surface area contributed by atoms with Crippen molar-refractivity contribution < 1.29 is 17.6 Å². The summed E-state index contributed by atoms with van der Waals surface area (Å²) in [7, 11) is -3.56. The summed E-state index contributed by atoms with van der Waals surface area (Å²) in [5.74, 6) is -1.49. The van der Waals surface area contributed by atoms with Gasteiger partial charge in [0.2, 0.25) is 15.9 Å². The molecule has 1 atom stereocenters. The summed E-state index contributed by atoms with van der Waals surface area (Å²) in [6, 6.07) is 12.6. The van der Waals surface area contributed by atoms with E-state index in [2.05, 4.69) is 4.98 Å². The van der Waals surface area contributed by atoms with Crippen molar-refractivity contribution in [3.05, 3.63) is 70.3 Å². The van der Waals surface area contributed by atoms with Crippen LogP contribution in [0, 0.1) is 5.82 Å². The van der Waals surface area contributed by atoms with E-state index in [1.807, 2.05) is 19.2 Å². The second kappa shape index (κ2) is 11.0. The number of amides is 1. The zero-order valence-electron chi connectivity index (χ0n) is 18.7. The first kappa shape index (κ1) is 25.0. The predicted octanol–water partition coefficient (Wildman–Crippen LogP) is 4.57. The number of carbonyl (C=O) groups is 1. The van der Waals surface area contributed by atoms with Gasteiger partial charge in [-0.3, -0.25) is 4.79 Å². The van der Waals surface area contributed by atoms with Crippen LogP contribution in [0.4, 0.5) is 4.39 Å². The predicted molar refractivity (Wildman–Crippen MR) is 129 cm³/mol. The van der Waals surface area contributed by atoms with Crippen molar-refractivity contribution in [1.29, 1.82) is 0 Å². The van der Waals surface area contributed by atoms with Gasteiger partial charge in [0.15, 0.2) is 0 Å². The molecular formula is C24H28FN3O3S2. The summed E-state index contributed by atoms with van der Waals surface area (Å²) < 4.78 is 40.6. The maximum absolute atomic E-state index is 13.2. The van der Waals surface area contributed by atoms with E-state index >= 15 is 0 Å². The van der Waals surface area contributed by atoms with Crippen molar-refractivity contribution in [2.45, 2.75) is 43.9 Å². The number of primary amides is 1. The first-order valence-electron chi connectivity index (χ1n) is 10.9. The highest BCUT2D eigenvalue weighted by Crippen LogP contribution is 2.29. The van der Waals surface area contributed by atoms with Gasteiger partial charge < -0.3 is 5.73 Å². The molecule has 0 saturated carbocycles. The molecule has 176 valence electrons. The molecule has 0 radical (unpaired) electrons. The van der Waals surface area contributed by atoms with Gasteiger partial charge in [0.1, 0.15) is 10.8 Å². The quantitative estimate of drug-likeness (QED) is 0.427. The molecule has 1 unspecified atom stereocenters. The molecule has 0 fully saturated rings. The highest BCUT2D eigenvalue weighted by atomic mass is 32.2. The smallest absolute Gasteiger partial charge is 0.243 e. The maximum atomic E-state index is 13.2. The molecule has 0 aliphatic rings. The Labute approximate surface area is 198 Å². The van der Waals surface area contributed by atoms with E-state index in [-0.39, 0.29) is 10.7 Å². The van der Waals surface area contributed by atoms with Crippen molar-refractivity contribution >= 4 is 27.3 Å². The van der Waals surface area contributed by atoms with Crippen LogP contribution in [0.1, 0.15) is 43.2 Å². The second-order valence-electron chi connectivity index (χ2n) is 7.78. The molecule has 1 amide bonds. The van der Waals surface area contributed by atoms with E-state index in [0.717, 1.165) is 24.0 Å². The van der Waals surface area contributed by atoms with Crippen LogP contribution in [0.15, 0.2) is 58.8 Å². The van der Waals surface area contributed by atoms with E-state index in [0.29, 0.717) is 30.2 Å². The molecule has 0 saturated heterocycles. The van der Waals surface area contributed by atoms with Crippen LogP contribution in [0.3, 0.4) is 0 Å². The van der Waals surface area contributed by atoms with E-state index in [1.165, 1.54) is 27.8 Å². The van der Waals surface area contributed by atoms with Crippen molar-refractivity contribution in [2.75, 3.05) is 13.1 Å². The number of thiazole rings is 1. The molecule has 1 heterocycles. The van der Waals surface area contributed by atoms with Gasteiger partial charge in [-0.25, -0.2) is 17.8 Å². The minimum atomic E-state index is -3.56. The third kappa shape index (κ3) is 6.04. The zero-order chi connectivity index (χ0) is 24.0. The lowest BCUT2D eigenvalue weighted by molar-refractivity contribution is -0.119. The van der Waals surface area contributed by atoms with Gasteiger partial charge in [-0.05, 0) is 61.2 Å². The molecule has 0 spiro atoms. The molecule has 3 rings (SSSR count). The van der Waals surface area contributed by atoms with Crippen molar-refractivity contribution in [1.82, 2.24) is 9.29 Å². The standard InChI is InChI=1S/C24H28FN3O3S2/c1-3-13-28(14-4-2)33(30,31)20-11-5-17(6-12-20)15-21(23(26)29)24-27-22(16-32-24)18-7-9-19(25)10-8-18/h5-12,16,21H,3-4,13-15H2,1-2H3,(H2,26,29). The normalized spacial score (nSPS) is 12.7. The van der Waals surface area contributed by atoms with E-state index < -0.39 is 21.8 Å². The van der Waals surface area contributed by atoms with E-state index in [1.54, 1.807) is 36.4 Å². The van der Waals surface area contributed by atoms with E-state index in [9.17, 15) is 17.6 Å². The monoisotopic (exact) mass is 489 g/mol. The lowest BCUT2D eigenvalue weighted by Crippen LogP contribution is -2.32. The van der Waals surface area contributed by atoms with Crippen molar-refractivity contribution in [2.24, 2.45) is 5.73 Å². The molecular weight excluding hydrogens is 461 g/mol. The van der Waals surface area contributed by atoms with Gasteiger partial charge in [-0.15, -0.1) is 11.3 Å². The van der Waals surface area contributed by atoms with Gasteiger partial charge in [0, 0.05) is 24.0 Å². The molecule has 9 heteroatoms. The van der Waals surface area contributed by atoms with Crippen LogP contribution in [-0.2, 0) is 21.2 Å². The van der Waals surface area contributed by atoms with Gasteiger partial charge in [0.05, 0.1) is 16.5 Å². The molecule has 2 aromatic carbocycles. The largest absolute Gasteiger partial charge is 0.369 e. The average Bonchev–Trinajstić information content (AvgIpc) is 3.27. The number of rotatable bonds is 11. The Kier molecular flexibility index (Phi) is 8.34. The molecule has 1 aromatic heterocycles. The Morgan fingerprint density at radius 1 is 1.06 bits per heavy atom. The topological polar surface area (TPSA) is 93.4 Å². The average molecular weight is 490 g/mol. The SMILES string of the molecule is CCCN(CCC)S(=O)(=O)c1ccc(CC(C(N)=O)c2nc(-c3ccc(F)cc3)cs2)cc1. The molecule has 0 aliphatic carbocycles. The van der Waals surface area contributed by atoms with Crippen molar-refractivity contribution in [3.8, 4) is 11.3 Å². The lowest BCUT2D eigenvalue weighted by atomic mass is 9.99. The Bertz CT molecular complexity index is 1170. The van der Waals surface area contributed by atoms with Gasteiger partial charge in [0.25, 0.3) is 0 Å². The number of hydrogen-bond acceptors (Lipinski definition) is 5. The minimum Gasteiger partial charge on any atom is -0.369 e. The molecule has 0 bridgehead atoms. The van der Waals surface area contributed by atoms with Crippen LogP contribution in [0.2, 0.25) is 0 Å². The molecule has 0 aliphatic heterocycles. The van der Waals surface area contributed by atoms with E-state index in [4.69, 9.17) is 5.73 Å². The summed E-state index contributed by atoms with van der Waals surface area (Å²) in [6.45, 7) is 4.85. The Balaban J connectivity index is 1.79. The summed E-state index contributed by atoms with van der Waals surface area (Å²) in [6.07, 6.45) is 1.79. The number of aromatic nitrogens is 1. The van der Waals surface area contributed by atoms with Gasteiger partial charge in [-0.1, -0.05) is 26.0 Å². The molecule has 33 heavy (non-hydrogen) atoms. The highest BCUT2D eigenvalue weighted by molar-refractivity contribution is 7.89. The van der Waals surface area contributed by atoms with Crippen LogP contribution in [0.5, 0.6) is 0 Å². The third-order valence-corrected chi connectivity index (χ3v) is 8.12. The van der Waals surface area contributed by atoms with Gasteiger partial charge >= 0.3 is 0 Å². The number of halogens is 1. The fourth-order valence-electron chi connectivity index (χ4n) is 3.54. The van der Waals surface area contributed by atoms with Crippen LogP contribution in [-0.4, -0.2) is 36.7 Å². The minimum absolute atomic E-state index is 0.233. The summed E-state index contributed by atoms with van der Waals surface area (Å²) in [4.78, 5) is 17.0. The summed E-state index contributed by atoms with van der Waals surface area (Å²) in [5.41, 5.74) is 7.85. The molecule has 6 nitrogen and oxygen atoms in total. The zero-order valence-corrected chi connectivity index (χ0v) is 20.3. The summed E-state index contributed by atoms with van der Waals surface area (Å²) >= 11 is 1.32. The fourth-order valence-corrected chi connectivity index (χ4v) is 6.10. The molecule has 3 aromatic rings. The number of hydrogen-bond donors (Lipinski definition) is 1. The number of sulfonamides is 1. The lowest BCUT2D eigenvalue weighted by Gasteiger charge is -2.21. The summed E-state index contributed by atoms with van der Waals surface area (Å²) in [5, 5.41) is 2.38. The van der Waals surface area contributed by atoms with Crippen LogP contribution >= 0.6 is 11.3 Å². The fraction of sp³-hybridized carbons (Fsp3) is 0.333. The first-order valence-corrected chi connectivity index (χ1v) is 13.2. The molecule has 2 N–H and O–H groups in total. The van der Waals surface area contributed by atoms with Gasteiger partial charge in [-0.2, -0.15) is 4.31 Å². The number of nitrogens with zero attached hydrogens (tertiary/aromatic N) is 2. The Morgan fingerprint density at radius 3 is 2.21 bits per heavy atom. The highest BCUT2D eigenvalue weighted by Gasteiger charge is 2.25. The third-order valence-electron chi connectivity index (χ3n) is 5.25. The van der Waals surface area contributed by atoms with Crippen LogP contribution in [0.25, 0.3) is 11.3 Å². The number of benzene rings is 2. The second-order valence-corrected chi connectivity index (χ2v) is 10.6. The van der Waals surface area contributed by atoms with Crippen molar-refractivity contribution in [3.63, 3.8) is 0 Å². The maximum Gasteiger partial charge on any atom is 0.243 e. The van der Waals surface area contributed by atoms with Crippen LogP contribution < -0.4 is 5.73 Å².